The molecule has 0 radical (unpaired) electrons. The minimum Gasteiger partial charge on any atom is -0.435 e. The Morgan fingerprint density at radius 3 is 2.81 bits per heavy atom. The number of carbonyl (C=O) groups excluding carboxylic acids is 1. The predicted molar refractivity (Wildman–Crippen MR) is 91.2 cm³/mol. The number of amides is 2. The second kappa shape index (κ2) is 7.57. The molecule has 0 spiro atoms. The first-order valence-electron chi connectivity index (χ1n) is 8.09. The molecule has 0 aromatic heterocycles. The van der Waals surface area contributed by atoms with E-state index < -0.39 is 12.6 Å². The number of nitrogens with two attached hydrogens (primary N) is 1. The molecule has 0 bridgehead atoms. The van der Waals surface area contributed by atoms with Crippen LogP contribution in [0.5, 0.6) is 5.75 Å². The van der Waals surface area contributed by atoms with Crippen molar-refractivity contribution in [1.29, 1.82) is 0 Å². The van der Waals surface area contributed by atoms with Gasteiger partial charge in [0, 0.05) is 18.8 Å². The Kier molecular flexibility index (Phi) is 5.22. The van der Waals surface area contributed by atoms with Gasteiger partial charge in [-0.15, -0.1) is 0 Å². The average Bonchev–Trinajstić information content (AvgIpc) is 2.96. The van der Waals surface area contributed by atoms with E-state index >= 15 is 0 Å². The number of primary amides is 1. The van der Waals surface area contributed by atoms with Gasteiger partial charge < -0.3 is 15.4 Å². The first kappa shape index (κ1) is 17.9. The Morgan fingerprint density at radius 1 is 1.27 bits per heavy atom. The first-order chi connectivity index (χ1) is 12.4. The molecule has 0 saturated heterocycles. The summed E-state index contributed by atoms with van der Waals surface area (Å²) in [6, 6.07) is 11.4. The molecule has 3 N–H and O–H groups in total. The summed E-state index contributed by atoms with van der Waals surface area (Å²) in [7, 11) is 0. The Hall–Kier alpha value is -2.87. The molecule has 6 nitrogen and oxygen atoms in total. The summed E-state index contributed by atoms with van der Waals surface area (Å²) < 4.78 is 29.1. The van der Waals surface area contributed by atoms with Crippen molar-refractivity contribution in [2.24, 2.45) is 5.73 Å². The molecule has 0 unspecified atom stereocenters. The van der Waals surface area contributed by atoms with Crippen LogP contribution in [0.15, 0.2) is 42.5 Å². The topological polar surface area (TPSA) is 79.0 Å². The van der Waals surface area contributed by atoms with Gasteiger partial charge in [0.25, 0.3) is 0 Å². The highest BCUT2D eigenvalue weighted by molar-refractivity contribution is 5.70. The predicted octanol–water partition coefficient (Wildman–Crippen LogP) is 3.12. The van der Waals surface area contributed by atoms with Crippen LogP contribution < -0.4 is 15.4 Å². The summed E-state index contributed by atoms with van der Waals surface area (Å²) in [5.41, 5.74) is 8.80. The van der Waals surface area contributed by atoms with Crippen molar-refractivity contribution in [3.63, 3.8) is 0 Å². The lowest BCUT2D eigenvalue weighted by atomic mass is 10.1. The molecule has 1 heterocycles. The van der Waals surface area contributed by atoms with E-state index in [-0.39, 0.29) is 12.3 Å². The molecular weight excluding hydrogens is 344 g/mol. The standard InChI is InChI=1S/C18H19F2N3O3/c19-17(20)26-15-3-1-2-12(9-15)10-22-7-6-14-8-13(4-5-16(14)22)11-23(25)18(21)24/h1-5,8-9,17,25H,6-7,10-11H2,(H2,21,24). The van der Waals surface area contributed by atoms with Crippen molar-refractivity contribution in [2.75, 3.05) is 11.4 Å². The number of hydroxylamine groups is 2. The third-order valence-corrected chi connectivity index (χ3v) is 4.22. The van der Waals surface area contributed by atoms with Crippen LogP contribution in [0.1, 0.15) is 16.7 Å². The fraction of sp³-hybridized carbons (Fsp3) is 0.278. The van der Waals surface area contributed by atoms with Crippen LogP contribution in [0.25, 0.3) is 0 Å². The molecule has 0 saturated carbocycles. The molecule has 1 aliphatic heterocycles. The number of halogens is 2. The van der Waals surface area contributed by atoms with Crippen molar-refractivity contribution in [3.05, 3.63) is 59.2 Å². The highest BCUT2D eigenvalue weighted by atomic mass is 19.3. The molecule has 26 heavy (non-hydrogen) atoms. The molecule has 8 heteroatoms. The average molecular weight is 363 g/mol. The zero-order chi connectivity index (χ0) is 18.7. The number of carbonyl (C=O) groups is 1. The van der Waals surface area contributed by atoms with Gasteiger partial charge in [0.1, 0.15) is 5.75 Å². The number of rotatable bonds is 6. The van der Waals surface area contributed by atoms with Crippen LogP contribution in [-0.2, 0) is 19.5 Å². The van der Waals surface area contributed by atoms with Crippen LogP contribution >= 0.6 is 0 Å². The highest BCUT2D eigenvalue weighted by Crippen LogP contribution is 2.31. The van der Waals surface area contributed by atoms with E-state index in [4.69, 9.17) is 5.73 Å². The monoisotopic (exact) mass is 363 g/mol. The lowest BCUT2D eigenvalue weighted by molar-refractivity contribution is -0.0498. The molecule has 0 fully saturated rings. The van der Waals surface area contributed by atoms with Crippen molar-refractivity contribution < 1.29 is 23.5 Å². The van der Waals surface area contributed by atoms with E-state index in [1.807, 2.05) is 24.3 Å². The lowest BCUT2D eigenvalue weighted by Gasteiger charge is -2.20. The number of ether oxygens (including phenoxy) is 1. The lowest BCUT2D eigenvalue weighted by Crippen LogP contribution is -2.32. The van der Waals surface area contributed by atoms with Gasteiger partial charge in [-0.05, 0) is 41.3 Å². The fourth-order valence-corrected chi connectivity index (χ4v) is 3.08. The summed E-state index contributed by atoms with van der Waals surface area (Å²) >= 11 is 0. The van der Waals surface area contributed by atoms with Crippen LogP contribution in [0.4, 0.5) is 19.3 Å². The van der Waals surface area contributed by atoms with Crippen LogP contribution in [-0.4, -0.2) is 29.5 Å². The second-order valence-electron chi connectivity index (χ2n) is 6.06. The Bertz CT molecular complexity index is 801. The van der Waals surface area contributed by atoms with Crippen molar-refractivity contribution >= 4 is 11.7 Å². The summed E-state index contributed by atoms with van der Waals surface area (Å²) in [5, 5.41) is 9.91. The number of nitrogens with zero attached hydrogens (tertiary/aromatic N) is 2. The quantitative estimate of drug-likeness (QED) is 0.611. The second-order valence-corrected chi connectivity index (χ2v) is 6.06. The molecule has 0 aliphatic carbocycles. The van der Waals surface area contributed by atoms with Crippen molar-refractivity contribution in [3.8, 4) is 5.75 Å². The van der Waals surface area contributed by atoms with Gasteiger partial charge in [-0.2, -0.15) is 8.78 Å². The summed E-state index contributed by atoms with van der Waals surface area (Å²) in [5.74, 6) is 0.141. The number of anilines is 1. The molecule has 3 rings (SSSR count). The van der Waals surface area contributed by atoms with Crippen LogP contribution in [0.2, 0.25) is 0 Å². The van der Waals surface area contributed by atoms with Crippen molar-refractivity contribution in [2.45, 2.75) is 26.1 Å². The summed E-state index contributed by atoms with van der Waals surface area (Å²) in [4.78, 5) is 13.1. The molecule has 1 aliphatic rings. The maximum Gasteiger partial charge on any atom is 0.387 e. The van der Waals surface area contributed by atoms with Gasteiger partial charge >= 0.3 is 12.6 Å². The zero-order valence-corrected chi connectivity index (χ0v) is 13.9. The van der Waals surface area contributed by atoms with Gasteiger partial charge in [0.05, 0.1) is 6.54 Å². The minimum absolute atomic E-state index is 0.0234. The Labute approximate surface area is 149 Å². The van der Waals surface area contributed by atoms with Gasteiger partial charge in [0.15, 0.2) is 0 Å². The van der Waals surface area contributed by atoms with E-state index in [9.17, 15) is 18.8 Å². The summed E-state index contributed by atoms with van der Waals surface area (Å²) in [6.07, 6.45) is 0.818. The third kappa shape index (κ3) is 4.20. The number of hydrogen-bond donors (Lipinski definition) is 2. The summed E-state index contributed by atoms with van der Waals surface area (Å²) in [6.45, 7) is -1.46. The van der Waals surface area contributed by atoms with E-state index in [0.29, 0.717) is 11.6 Å². The van der Waals surface area contributed by atoms with E-state index in [2.05, 4.69) is 9.64 Å². The maximum atomic E-state index is 12.3. The number of hydrogen-bond acceptors (Lipinski definition) is 4. The molecular formula is C18H19F2N3O3. The van der Waals surface area contributed by atoms with Crippen LogP contribution in [0.3, 0.4) is 0 Å². The zero-order valence-electron chi connectivity index (χ0n) is 13.9. The number of alkyl halides is 2. The van der Waals surface area contributed by atoms with Gasteiger partial charge in [-0.1, -0.05) is 24.3 Å². The Balaban J connectivity index is 1.71. The van der Waals surface area contributed by atoms with Gasteiger partial charge in [0.2, 0.25) is 0 Å². The third-order valence-electron chi connectivity index (χ3n) is 4.22. The first-order valence-corrected chi connectivity index (χ1v) is 8.09. The number of fused-ring (bicyclic) bond motifs is 1. The van der Waals surface area contributed by atoms with E-state index in [0.717, 1.165) is 35.3 Å². The molecule has 2 aromatic carbocycles. The van der Waals surface area contributed by atoms with E-state index in [1.54, 1.807) is 12.1 Å². The van der Waals surface area contributed by atoms with Gasteiger partial charge in [-0.3, -0.25) is 5.21 Å². The smallest absolute Gasteiger partial charge is 0.387 e. The highest BCUT2D eigenvalue weighted by Gasteiger charge is 2.20. The largest absolute Gasteiger partial charge is 0.435 e. The van der Waals surface area contributed by atoms with E-state index in [1.165, 1.54) is 6.07 Å². The normalized spacial score (nSPS) is 13.0. The SMILES string of the molecule is NC(=O)N(O)Cc1ccc2c(c1)CCN2Cc1cccc(OC(F)F)c1. The Morgan fingerprint density at radius 2 is 2.08 bits per heavy atom. The minimum atomic E-state index is -2.84. The molecule has 2 aromatic rings. The fourth-order valence-electron chi connectivity index (χ4n) is 3.08. The van der Waals surface area contributed by atoms with Gasteiger partial charge in [-0.25, -0.2) is 9.86 Å². The van der Waals surface area contributed by atoms with Crippen LogP contribution in [0, 0.1) is 0 Å². The van der Waals surface area contributed by atoms with Crippen molar-refractivity contribution in [1.82, 2.24) is 5.06 Å². The molecule has 2 amide bonds. The molecule has 138 valence electrons. The number of benzene rings is 2. The number of urea groups is 1. The maximum absolute atomic E-state index is 12.3. The molecule has 0 atom stereocenters.